The Hall–Kier alpha value is -1.95. The minimum absolute atomic E-state index is 0.0534. The highest BCUT2D eigenvalue weighted by Gasteiger charge is 2.15. The van der Waals surface area contributed by atoms with Crippen molar-refractivity contribution in [1.29, 1.82) is 0 Å². The first-order valence-corrected chi connectivity index (χ1v) is 6.01. The molecule has 0 amide bonds. The Kier molecular flexibility index (Phi) is 3.34. The number of nitro benzene ring substituents is 1. The van der Waals surface area contributed by atoms with Crippen LogP contribution in [0.15, 0.2) is 35.2 Å². The number of hydrogen-bond acceptors (Lipinski definition) is 5. The van der Waals surface area contributed by atoms with E-state index in [4.69, 9.17) is 0 Å². The monoisotopic (exact) mass is 249 g/mol. The zero-order valence-electron chi connectivity index (χ0n) is 9.16. The number of para-hydroxylation sites is 2. The fourth-order valence-corrected chi connectivity index (χ4v) is 2.15. The molecule has 0 bridgehead atoms. The molecule has 0 aliphatic heterocycles. The van der Waals surface area contributed by atoms with E-state index in [0.29, 0.717) is 5.69 Å². The van der Waals surface area contributed by atoms with Gasteiger partial charge in [-0.3, -0.25) is 10.1 Å². The van der Waals surface area contributed by atoms with Crippen molar-refractivity contribution in [3.05, 3.63) is 51.0 Å². The van der Waals surface area contributed by atoms with Crippen molar-refractivity contribution in [3.63, 3.8) is 0 Å². The van der Waals surface area contributed by atoms with E-state index in [1.54, 1.807) is 23.7 Å². The smallest absolute Gasteiger partial charge is 0.292 e. The second-order valence-corrected chi connectivity index (χ2v) is 4.27. The van der Waals surface area contributed by atoms with Gasteiger partial charge in [0.05, 0.1) is 22.2 Å². The lowest BCUT2D eigenvalue weighted by Crippen LogP contribution is -2.08. The minimum Gasteiger partial charge on any atom is -0.371 e. The molecule has 17 heavy (non-hydrogen) atoms. The van der Waals surface area contributed by atoms with Gasteiger partial charge < -0.3 is 5.32 Å². The highest BCUT2D eigenvalue weighted by atomic mass is 32.1. The molecule has 1 N–H and O–H groups in total. The lowest BCUT2D eigenvalue weighted by atomic mass is 10.2. The van der Waals surface area contributed by atoms with E-state index >= 15 is 0 Å². The van der Waals surface area contributed by atoms with Gasteiger partial charge in [0.2, 0.25) is 0 Å². The van der Waals surface area contributed by atoms with Crippen LogP contribution < -0.4 is 5.32 Å². The highest BCUT2D eigenvalue weighted by molar-refractivity contribution is 7.07. The first kappa shape index (κ1) is 11.5. The van der Waals surface area contributed by atoms with Gasteiger partial charge in [-0.05, 0) is 13.0 Å². The van der Waals surface area contributed by atoms with Crippen LogP contribution in [0.1, 0.15) is 18.7 Å². The number of thiazole rings is 1. The Bertz CT molecular complexity index is 513. The van der Waals surface area contributed by atoms with Crippen LogP contribution >= 0.6 is 11.3 Å². The number of nitrogens with zero attached hydrogens (tertiary/aromatic N) is 2. The van der Waals surface area contributed by atoms with Crippen LogP contribution in [-0.4, -0.2) is 9.91 Å². The van der Waals surface area contributed by atoms with Gasteiger partial charge >= 0.3 is 0 Å². The Morgan fingerprint density at radius 1 is 1.47 bits per heavy atom. The molecule has 1 heterocycles. The lowest BCUT2D eigenvalue weighted by Gasteiger charge is -2.12. The zero-order valence-corrected chi connectivity index (χ0v) is 9.98. The van der Waals surface area contributed by atoms with Gasteiger partial charge in [-0.2, -0.15) is 0 Å². The molecule has 1 unspecified atom stereocenters. The summed E-state index contributed by atoms with van der Waals surface area (Å²) in [5, 5.41) is 15.9. The maximum absolute atomic E-state index is 10.8. The Balaban J connectivity index is 2.21. The Morgan fingerprint density at radius 3 is 2.88 bits per heavy atom. The van der Waals surface area contributed by atoms with Gasteiger partial charge in [-0.15, -0.1) is 11.3 Å². The molecule has 0 aliphatic carbocycles. The molecule has 5 nitrogen and oxygen atoms in total. The molecule has 0 aliphatic rings. The van der Waals surface area contributed by atoms with Crippen molar-refractivity contribution >= 4 is 22.7 Å². The summed E-state index contributed by atoms with van der Waals surface area (Å²) in [6.45, 7) is 1.92. The molecule has 0 spiro atoms. The minimum atomic E-state index is -0.393. The second kappa shape index (κ2) is 4.92. The van der Waals surface area contributed by atoms with Gasteiger partial charge in [-0.25, -0.2) is 4.98 Å². The summed E-state index contributed by atoms with van der Waals surface area (Å²) >= 11 is 1.50. The first-order chi connectivity index (χ1) is 8.18. The summed E-state index contributed by atoms with van der Waals surface area (Å²) in [6.07, 6.45) is 0. The van der Waals surface area contributed by atoms with E-state index in [9.17, 15) is 10.1 Å². The molecule has 0 saturated carbocycles. The van der Waals surface area contributed by atoms with Crippen molar-refractivity contribution in [2.45, 2.75) is 13.0 Å². The van der Waals surface area contributed by atoms with Crippen molar-refractivity contribution < 1.29 is 4.92 Å². The van der Waals surface area contributed by atoms with E-state index < -0.39 is 4.92 Å². The molecule has 1 aromatic heterocycles. The standard InChI is InChI=1S/C11H11N3O2S/c1-8(10-6-17-7-12-10)13-9-4-2-3-5-11(9)14(15)16/h2-8,13H,1H3. The third-order valence-electron chi connectivity index (χ3n) is 2.37. The number of nitro groups is 1. The number of aromatic nitrogens is 1. The molecular weight excluding hydrogens is 238 g/mol. The van der Waals surface area contributed by atoms with Crippen LogP contribution in [0.3, 0.4) is 0 Å². The molecule has 2 aromatic rings. The average molecular weight is 249 g/mol. The van der Waals surface area contributed by atoms with Gasteiger partial charge in [0.1, 0.15) is 5.69 Å². The highest BCUT2D eigenvalue weighted by Crippen LogP contribution is 2.27. The second-order valence-electron chi connectivity index (χ2n) is 3.55. The number of nitrogens with one attached hydrogen (secondary N) is 1. The summed E-state index contributed by atoms with van der Waals surface area (Å²) in [6, 6.07) is 6.54. The summed E-state index contributed by atoms with van der Waals surface area (Å²) in [4.78, 5) is 14.6. The number of hydrogen-bond donors (Lipinski definition) is 1. The van der Waals surface area contributed by atoms with Crippen LogP contribution in [0, 0.1) is 10.1 Å². The van der Waals surface area contributed by atoms with E-state index in [0.717, 1.165) is 5.69 Å². The average Bonchev–Trinajstić information content (AvgIpc) is 2.83. The summed E-state index contributed by atoms with van der Waals surface area (Å²) in [5.74, 6) is 0. The van der Waals surface area contributed by atoms with Gasteiger partial charge in [0.15, 0.2) is 0 Å². The Morgan fingerprint density at radius 2 is 2.24 bits per heavy atom. The molecule has 2 rings (SSSR count). The van der Waals surface area contributed by atoms with E-state index in [1.165, 1.54) is 17.4 Å². The largest absolute Gasteiger partial charge is 0.371 e. The van der Waals surface area contributed by atoms with Gasteiger partial charge in [-0.1, -0.05) is 12.1 Å². The summed E-state index contributed by atoms with van der Waals surface area (Å²) in [5.41, 5.74) is 3.22. The zero-order chi connectivity index (χ0) is 12.3. The van der Waals surface area contributed by atoms with Crippen molar-refractivity contribution in [1.82, 2.24) is 4.98 Å². The third kappa shape index (κ3) is 2.59. The number of rotatable bonds is 4. The molecular formula is C11H11N3O2S. The van der Waals surface area contributed by atoms with Crippen molar-refractivity contribution in [2.24, 2.45) is 0 Å². The fourth-order valence-electron chi connectivity index (χ4n) is 1.50. The van der Waals surface area contributed by atoms with Crippen LogP contribution in [-0.2, 0) is 0 Å². The Labute approximate surface area is 102 Å². The maximum Gasteiger partial charge on any atom is 0.292 e. The van der Waals surface area contributed by atoms with Crippen LogP contribution in [0.25, 0.3) is 0 Å². The lowest BCUT2D eigenvalue weighted by molar-refractivity contribution is -0.384. The molecule has 1 atom stereocenters. The SMILES string of the molecule is CC(Nc1ccccc1[N+](=O)[O-])c1cscn1. The molecule has 0 saturated heterocycles. The summed E-state index contributed by atoms with van der Waals surface area (Å²) in [7, 11) is 0. The van der Waals surface area contributed by atoms with E-state index in [2.05, 4.69) is 10.3 Å². The van der Waals surface area contributed by atoms with Gasteiger partial charge in [0.25, 0.3) is 5.69 Å². The maximum atomic E-state index is 10.8. The first-order valence-electron chi connectivity index (χ1n) is 5.06. The molecule has 1 aromatic carbocycles. The van der Waals surface area contributed by atoms with E-state index in [1.807, 2.05) is 12.3 Å². The molecule has 0 radical (unpaired) electrons. The topological polar surface area (TPSA) is 68.1 Å². The predicted molar refractivity (Wildman–Crippen MR) is 67.2 cm³/mol. The van der Waals surface area contributed by atoms with Gasteiger partial charge in [0, 0.05) is 11.4 Å². The van der Waals surface area contributed by atoms with Crippen molar-refractivity contribution in [2.75, 3.05) is 5.32 Å². The molecule has 6 heteroatoms. The number of benzene rings is 1. The molecule has 0 fully saturated rings. The quantitative estimate of drug-likeness (QED) is 0.667. The van der Waals surface area contributed by atoms with Crippen LogP contribution in [0.5, 0.6) is 0 Å². The fraction of sp³-hybridized carbons (Fsp3) is 0.182. The normalized spacial score (nSPS) is 12.1. The predicted octanol–water partition coefficient (Wildman–Crippen LogP) is 3.22. The summed E-state index contributed by atoms with van der Waals surface area (Å²) < 4.78 is 0. The van der Waals surface area contributed by atoms with Crippen molar-refractivity contribution in [3.8, 4) is 0 Å². The molecule has 88 valence electrons. The van der Waals surface area contributed by atoms with Crippen LogP contribution in [0.2, 0.25) is 0 Å². The third-order valence-corrected chi connectivity index (χ3v) is 2.97. The van der Waals surface area contributed by atoms with E-state index in [-0.39, 0.29) is 11.7 Å². The number of anilines is 1. The van der Waals surface area contributed by atoms with Crippen LogP contribution in [0.4, 0.5) is 11.4 Å².